The number of esters is 1. The molecule has 1 saturated carbocycles. The van der Waals surface area contributed by atoms with Gasteiger partial charge in [-0.25, -0.2) is 0 Å². The molecule has 2 atom stereocenters. The lowest BCUT2D eigenvalue weighted by Gasteiger charge is -2.38. The van der Waals surface area contributed by atoms with Crippen LogP contribution in [-0.4, -0.2) is 18.0 Å². The molecule has 0 N–H and O–H groups in total. The molecule has 0 saturated heterocycles. The van der Waals surface area contributed by atoms with Gasteiger partial charge in [-0.05, 0) is 24.7 Å². The minimum atomic E-state index is -0.199. The van der Waals surface area contributed by atoms with Gasteiger partial charge in [0.2, 0.25) is 0 Å². The standard InChI is InChI=1S/C11H19ClO2/c1-9(13)14-8-7-11(2)6-4-3-5-10(11)12/h10H,3-8H2,1-2H3/t10-,11-/m0/s1. The first-order valence-electron chi connectivity index (χ1n) is 5.32. The Balaban J connectivity index is 2.35. The van der Waals surface area contributed by atoms with Gasteiger partial charge >= 0.3 is 5.97 Å². The van der Waals surface area contributed by atoms with Crippen molar-refractivity contribution >= 4 is 17.6 Å². The molecule has 0 heterocycles. The molecule has 0 bridgehead atoms. The Labute approximate surface area is 91.0 Å². The minimum Gasteiger partial charge on any atom is -0.466 e. The van der Waals surface area contributed by atoms with Crippen LogP contribution in [0.1, 0.15) is 46.0 Å². The highest BCUT2D eigenvalue weighted by molar-refractivity contribution is 6.21. The summed E-state index contributed by atoms with van der Waals surface area (Å²) < 4.78 is 4.96. The molecule has 14 heavy (non-hydrogen) atoms. The maximum atomic E-state index is 10.6. The molecule has 2 nitrogen and oxygen atoms in total. The van der Waals surface area contributed by atoms with E-state index in [1.165, 1.54) is 19.8 Å². The zero-order valence-corrected chi connectivity index (χ0v) is 9.77. The Kier molecular flexibility index (Phi) is 4.24. The van der Waals surface area contributed by atoms with Crippen LogP contribution in [0.4, 0.5) is 0 Å². The summed E-state index contributed by atoms with van der Waals surface area (Å²) in [5.74, 6) is -0.199. The Bertz CT molecular complexity index is 205. The van der Waals surface area contributed by atoms with Gasteiger partial charge < -0.3 is 4.74 Å². The van der Waals surface area contributed by atoms with Crippen LogP contribution in [0.15, 0.2) is 0 Å². The smallest absolute Gasteiger partial charge is 0.302 e. The highest BCUT2D eigenvalue weighted by Crippen LogP contribution is 2.42. The van der Waals surface area contributed by atoms with Crippen LogP contribution in [0.3, 0.4) is 0 Å². The fourth-order valence-corrected chi connectivity index (χ4v) is 2.44. The van der Waals surface area contributed by atoms with Crippen LogP contribution in [0.25, 0.3) is 0 Å². The van der Waals surface area contributed by atoms with Gasteiger partial charge in [0, 0.05) is 12.3 Å². The Morgan fingerprint density at radius 3 is 2.86 bits per heavy atom. The second-order valence-electron chi connectivity index (χ2n) is 4.46. The zero-order valence-electron chi connectivity index (χ0n) is 9.01. The molecular formula is C11H19ClO2. The van der Waals surface area contributed by atoms with Crippen LogP contribution in [0.2, 0.25) is 0 Å². The Morgan fingerprint density at radius 2 is 2.29 bits per heavy atom. The molecule has 0 aromatic heterocycles. The van der Waals surface area contributed by atoms with E-state index in [0.29, 0.717) is 6.61 Å². The average molecular weight is 219 g/mol. The highest BCUT2D eigenvalue weighted by atomic mass is 35.5. The third kappa shape index (κ3) is 3.16. The first kappa shape index (κ1) is 11.8. The van der Waals surface area contributed by atoms with E-state index in [1.54, 1.807) is 0 Å². The van der Waals surface area contributed by atoms with E-state index in [9.17, 15) is 4.79 Å². The number of carbonyl (C=O) groups is 1. The van der Waals surface area contributed by atoms with Crippen molar-refractivity contribution in [3.05, 3.63) is 0 Å². The first-order chi connectivity index (χ1) is 6.54. The SMILES string of the molecule is CC(=O)OCC[C@]1(C)CCCC[C@@H]1Cl. The van der Waals surface area contributed by atoms with Crippen molar-refractivity contribution in [2.45, 2.75) is 51.3 Å². The fourth-order valence-electron chi connectivity index (χ4n) is 2.07. The maximum absolute atomic E-state index is 10.6. The predicted octanol–water partition coefficient (Wildman–Crippen LogP) is 3.13. The summed E-state index contributed by atoms with van der Waals surface area (Å²) in [7, 11) is 0. The molecule has 0 aromatic carbocycles. The number of alkyl halides is 1. The molecule has 1 aliphatic carbocycles. The van der Waals surface area contributed by atoms with Crippen LogP contribution < -0.4 is 0 Å². The van der Waals surface area contributed by atoms with Crippen molar-refractivity contribution in [2.24, 2.45) is 5.41 Å². The van der Waals surface area contributed by atoms with Crippen molar-refractivity contribution in [3.8, 4) is 0 Å². The summed E-state index contributed by atoms with van der Waals surface area (Å²) in [6.45, 7) is 4.16. The monoisotopic (exact) mass is 218 g/mol. The van der Waals surface area contributed by atoms with Crippen molar-refractivity contribution < 1.29 is 9.53 Å². The molecule has 1 fully saturated rings. The van der Waals surface area contributed by atoms with E-state index in [0.717, 1.165) is 19.3 Å². The Morgan fingerprint density at radius 1 is 1.57 bits per heavy atom. The second kappa shape index (κ2) is 5.01. The minimum absolute atomic E-state index is 0.162. The normalized spacial score (nSPS) is 32.6. The van der Waals surface area contributed by atoms with Crippen LogP contribution >= 0.6 is 11.6 Å². The van der Waals surface area contributed by atoms with Crippen LogP contribution in [0, 0.1) is 5.41 Å². The second-order valence-corrected chi connectivity index (χ2v) is 4.98. The van der Waals surface area contributed by atoms with Gasteiger partial charge in [0.15, 0.2) is 0 Å². The molecule has 0 unspecified atom stereocenters. The van der Waals surface area contributed by atoms with E-state index < -0.39 is 0 Å². The molecular weight excluding hydrogens is 200 g/mol. The third-order valence-corrected chi connectivity index (χ3v) is 3.94. The fraction of sp³-hybridized carbons (Fsp3) is 0.909. The number of hydrogen-bond acceptors (Lipinski definition) is 2. The summed E-state index contributed by atoms with van der Waals surface area (Å²) in [5, 5.41) is 0.242. The molecule has 3 heteroatoms. The van der Waals surface area contributed by atoms with Crippen molar-refractivity contribution in [3.63, 3.8) is 0 Å². The van der Waals surface area contributed by atoms with Crippen LogP contribution in [0.5, 0.6) is 0 Å². The summed E-state index contributed by atoms with van der Waals surface area (Å²) in [6, 6.07) is 0. The quantitative estimate of drug-likeness (QED) is 0.538. The summed E-state index contributed by atoms with van der Waals surface area (Å²) in [6.07, 6.45) is 5.62. The van der Waals surface area contributed by atoms with E-state index in [-0.39, 0.29) is 16.8 Å². The molecule has 0 spiro atoms. The lowest BCUT2D eigenvalue weighted by atomic mass is 9.73. The third-order valence-electron chi connectivity index (χ3n) is 3.19. The molecule has 0 aliphatic heterocycles. The van der Waals surface area contributed by atoms with Gasteiger partial charge in [-0.15, -0.1) is 11.6 Å². The zero-order chi connectivity index (χ0) is 10.6. The molecule has 82 valence electrons. The number of ether oxygens (including phenoxy) is 1. The van der Waals surface area contributed by atoms with Gasteiger partial charge in [0.05, 0.1) is 6.61 Å². The number of hydrogen-bond donors (Lipinski definition) is 0. The van der Waals surface area contributed by atoms with Crippen molar-refractivity contribution in [2.75, 3.05) is 6.61 Å². The first-order valence-corrected chi connectivity index (χ1v) is 5.76. The summed E-state index contributed by atoms with van der Waals surface area (Å²) in [4.78, 5) is 10.6. The lowest BCUT2D eigenvalue weighted by Crippen LogP contribution is -2.33. The Hall–Kier alpha value is -0.240. The lowest BCUT2D eigenvalue weighted by molar-refractivity contribution is -0.141. The average Bonchev–Trinajstić information content (AvgIpc) is 2.10. The van der Waals surface area contributed by atoms with Gasteiger partial charge in [-0.2, -0.15) is 0 Å². The largest absolute Gasteiger partial charge is 0.466 e. The van der Waals surface area contributed by atoms with E-state index >= 15 is 0 Å². The van der Waals surface area contributed by atoms with Gasteiger partial charge in [-0.1, -0.05) is 19.8 Å². The highest BCUT2D eigenvalue weighted by Gasteiger charge is 2.34. The van der Waals surface area contributed by atoms with E-state index in [2.05, 4.69) is 6.92 Å². The topological polar surface area (TPSA) is 26.3 Å². The van der Waals surface area contributed by atoms with E-state index in [4.69, 9.17) is 16.3 Å². The number of halogens is 1. The van der Waals surface area contributed by atoms with Gasteiger partial charge in [0.1, 0.15) is 0 Å². The molecule has 1 aliphatic rings. The van der Waals surface area contributed by atoms with Crippen LogP contribution in [-0.2, 0) is 9.53 Å². The molecule has 0 aromatic rings. The molecule has 1 rings (SSSR count). The summed E-state index contributed by atoms with van der Waals surface area (Å²) in [5.41, 5.74) is 0.162. The summed E-state index contributed by atoms with van der Waals surface area (Å²) >= 11 is 6.30. The van der Waals surface area contributed by atoms with Gasteiger partial charge in [0.25, 0.3) is 0 Å². The predicted molar refractivity (Wildman–Crippen MR) is 57.5 cm³/mol. The number of rotatable bonds is 3. The molecule has 0 radical (unpaired) electrons. The number of carbonyl (C=O) groups excluding carboxylic acids is 1. The van der Waals surface area contributed by atoms with E-state index in [1.807, 2.05) is 0 Å². The van der Waals surface area contributed by atoms with Crippen molar-refractivity contribution in [1.82, 2.24) is 0 Å². The van der Waals surface area contributed by atoms with Gasteiger partial charge in [-0.3, -0.25) is 4.79 Å². The maximum Gasteiger partial charge on any atom is 0.302 e. The molecule has 0 amide bonds. The van der Waals surface area contributed by atoms with Crippen molar-refractivity contribution in [1.29, 1.82) is 0 Å².